The average Bonchev–Trinajstić information content (AvgIpc) is 2.46. The van der Waals surface area contributed by atoms with Crippen molar-refractivity contribution in [3.05, 3.63) is 17.8 Å². The Bertz CT molecular complexity index is 305. The van der Waals surface area contributed by atoms with E-state index in [2.05, 4.69) is 10.3 Å². The van der Waals surface area contributed by atoms with E-state index >= 15 is 0 Å². The van der Waals surface area contributed by atoms with Gasteiger partial charge in [-0.25, -0.2) is 4.98 Å². The first-order valence-electron chi connectivity index (χ1n) is 4.75. The lowest BCUT2D eigenvalue weighted by Crippen LogP contribution is -2.23. The highest BCUT2D eigenvalue weighted by atomic mass is 16.3. The summed E-state index contributed by atoms with van der Waals surface area (Å²) < 4.78 is 5.09. The Hall–Kier alpha value is -1.32. The van der Waals surface area contributed by atoms with E-state index in [0.717, 1.165) is 11.5 Å². The molecule has 1 amide bonds. The second-order valence-corrected chi connectivity index (χ2v) is 3.74. The number of aryl methyl sites for hydroxylation is 1. The van der Waals surface area contributed by atoms with Crippen molar-refractivity contribution in [2.45, 2.75) is 33.7 Å². The topological polar surface area (TPSA) is 55.1 Å². The molecule has 1 rings (SSSR count). The molecule has 1 N–H and O–H groups in total. The van der Waals surface area contributed by atoms with Gasteiger partial charge in [-0.3, -0.25) is 4.79 Å². The van der Waals surface area contributed by atoms with Crippen molar-refractivity contribution < 1.29 is 9.21 Å². The van der Waals surface area contributed by atoms with Crippen molar-refractivity contribution in [2.75, 3.05) is 0 Å². The second-order valence-electron chi connectivity index (χ2n) is 3.74. The molecule has 78 valence electrons. The lowest BCUT2D eigenvalue weighted by atomic mass is 10.1. The number of rotatable bonds is 4. The maximum atomic E-state index is 11.3. The molecule has 0 saturated heterocycles. The van der Waals surface area contributed by atoms with Gasteiger partial charge in [-0.15, -0.1) is 0 Å². The highest BCUT2D eigenvalue weighted by Gasteiger charge is 2.07. The van der Waals surface area contributed by atoms with Gasteiger partial charge in [0.2, 0.25) is 5.91 Å². The van der Waals surface area contributed by atoms with Crippen molar-refractivity contribution in [2.24, 2.45) is 5.92 Å². The van der Waals surface area contributed by atoms with Gasteiger partial charge in [-0.1, -0.05) is 13.8 Å². The van der Waals surface area contributed by atoms with E-state index in [9.17, 15) is 4.79 Å². The van der Waals surface area contributed by atoms with Gasteiger partial charge in [0.15, 0.2) is 6.39 Å². The molecule has 0 aromatic carbocycles. The summed E-state index contributed by atoms with van der Waals surface area (Å²) in [6.07, 6.45) is 1.94. The summed E-state index contributed by atoms with van der Waals surface area (Å²) >= 11 is 0. The molecule has 0 unspecified atom stereocenters. The fraction of sp³-hybridized carbons (Fsp3) is 0.600. The predicted octanol–water partition coefficient (Wildman–Crippen LogP) is 1.65. The Labute approximate surface area is 83.7 Å². The molecule has 0 fully saturated rings. The Kier molecular flexibility index (Phi) is 3.68. The third-order valence-corrected chi connectivity index (χ3v) is 1.88. The van der Waals surface area contributed by atoms with E-state index in [4.69, 9.17) is 4.42 Å². The quantitative estimate of drug-likeness (QED) is 0.796. The first-order valence-corrected chi connectivity index (χ1v) is 4.75. The summed E-state index contributed by atoms with van der Waals surface area (Å²) in [6.45, 7) is 6.31. The summed E-state index contributed by atoms with van der Waals surface area (Å²) in [6, 6.07) is 0. The first kappa shape index (κ1) is 10.8. The Morgan fingerprint density at radius 1 is 1.64 bits per heavy atom. The molecule has 0 aliphatic carbocycles. The smallest absolute Gasteiger partial charge is 0.220 e. The molecule has 0 bridgehead atoms. The molecule has 0 aliphatic rings. The van der Waals surface area contributed by atoms with E-state index in [-0.39, 0.29) is 5.91 Å². The van der Waals surface area contributed by atoms with Crippen LogP contribution in [0.5, 0.6) is 0 Å². The van der Waals surface area contributed by atoms with E-state index in [1.54, 1.807) is 0 Å². The normalized spacial score (nSPS) is 10.6. The highest BCUT2D eigenvalue weighted by molar-refractivity contribution is 5.75. The molecule has 0 aliphatic heterocycles. The van der Waals surface area contributed by atoms with Crippen molar-refractivity contribution in [3.63, 3.8) is 0 Å². The molecule has 14 heavy (non-hydrogen) atoms. The van der Waals surface area contributed by atoms with Crippen LogP contribution in [0.2, 0.25) is 0 Å². The minimum atomic E-state index is 0.0517. The molecule has 0 spiro atoms. The Balaban J connectivity index is 2.34. The predicted molar refractivity (Wildman–Crippen MR) is 52.5 cm³/mol. The summed E-state index contributed by atoms with van der Waals surface area (Å²) in [7, 11) is 0. The van der Waals surface area contributed by atoms with Crippen molar-refractivity contribution in [3.8, 4) is 0 Å². The van der Waals surface area contributed by atoms with Crippen LogP contribution in [-0.4, -0.2) is 10.9 Å². The van der Waals surface area contributed by atoms with E-state index in [0.29, 0.717) is 18.9 Å². The average molecular weight is 196 g/mol. The van der Waals surface area contributed by atoms with Crippen LogP contribution in [0.4, 0.5) is 0 Å². The Morgan fingerprint density at radius 2 is 2.36 bits per heavy atom. The number of carbonyl (C=O) groups is 1. The van der Waals surface area contributed by atoms with Crippen molar-refractivity contribution in [1.29, 1.82) is 0 Å². The van der Waals surface area contributed by atoms with Crippen LogP contribution in [-0.2, 0) is 11.3 Å². The summed E-state index contributed by atoms with van der Waals surface area (Å²) in [5, 5.41) is 2.78. The standard InChI is InChI=1S/C10H16N2O2/c1-7(2)4-10(13)11-5-9-8(3)12-6-14-9/h6-7H,4-5H2,1-3H3,(H,11,13). The number of hydrogen-bond donors (Lipinski definition) is 1. The molecule has 4 nitrogen and oxygen atoms in total. The van der Waals surface area contributed by atoms with Gasteiger partial charge >= 0.3 is 0 Å². The van der Waals surface area contributed by atoms with Crippen LogP contribution in [0.15, 0.2) is 10.8 Å². The molecular weight excluding hydrogens is 180 g/mol. The van der Waals surface area contributed by atoms with Gasteiger partial charge in [-0.05, 0) is 12.8 Å². The molecule has 0 atom stereocenters. The number of aromatic nitrogens is 1. The lowest BCUT2D eigenvalue weighted by Gasteiger charge is -2.05. The maximum Gasteiger partial charge on any atom is 0.220 e. The Morgan fingerprint density at radius 3 is 2.86 bits per heavy atom. The number of hydrogen-bond acceptors (Lipinski definition) is 3. The zero-order chi connectivity index (χ0) is 10.6. The molecule has 0 radical (unpaired) electrons. The molecule has 1 aromatic heterocycles. The number of carbonyl (C=O) groups excluding carboxylic acids is 1. The van der Waals surface area contributed by atoms with Crippen LogP contribution in [0, 0.1) is 12.8 Å². The summed E-state index contributed by atoms with van der Waals surface area (Å²) in [4.78, 5) is 15.2. The summed E-state index contributed by atoms with van der Waals surface area (Å²) in [5.41, 5.74) is 0.829. The SMILES string of the molecule is Cc1ncoc1CNC(=O)CC(C)C. The molecular formula is C10H16N2O2. The maximum absolute atomic E-state index is 11.3. The van der Waals surface area contributed by atoms with Crippen molar-refractivity contribution in [1.82, 2.24) is 10.3 Å². The van der Waals surface area contributed by atoms with Gasteiger partial charge < -0.3 is 9.73 Å². The van der Waals surface area contributed by atoms with Crippen LogP contribution in [0.25, 0.3) is 0 Å². The lowest BCUT2D eigenvalue weighted by molar-refractivity contribution is -0.122. The van der Waals surface area contributed by atoms with E-state index in [1.807, 2.05) is 20.8 Å². The van der Waals surface area contributed by atoms with E-state index in [1.165, 1.54) is 6.39 Å². The second kappa shape index (κ2) is 4.79. The monoisotopic (exact) mass is 196 g/mol. The minimum Gasteiger partial charge on any atom is -0.446 e. The zero-order valence-electron chi connectivity index (χ0n) is 8.83. The number of oxazole rings is 1. The largest absolute Gasteiger partial charge is 0.446 e. The van der Waals surface area contributed by atoms with Crippen LogP contribution in [0.1, 0.15) is 31.7 Å². The highest BCUT2D eigenvalue weighted by Crippen LogP contribution is 2.04. The minimum absolute atomic E-state index is 0.0517. The number of nitrogens with zero attached hydrogens (tertiary/aromatic N) is 1. The molecule has 0 saturated carbocycles. The zero-order valence-corrected chi connectivity index (χ0v) is 8.83. The van der Waals surface area contributed by atoms with Gasteiger partial charge in [-0.2, -0.15) is 0 Å². The van der Waals surface area contributed by atoms with Gasteiger partial charge in [0, 0.05) is 6.42 Å². The number of amides is 1. The molecule has 1 heterocycles. The summed E-state index contributed by atoms with van der Waals surface area (Å²) in [5.74, 6) is 1.16. The van der Waals surface area contributed by atoms with Gasteiger partial charge in [0.05, 0.1) is 12.2 Å². The molecule has 4 heteroatoms. The first-order chi connectivity index (χ1) is 6.59. The van der Waals surface area contributed by atoms with Crippen LogP contribution in [0.3, 0.4) is 0 Å². The third-order valence-electron chi connectivity index (χ3n) is 1.88. The van der Waals surface area contributed by atoms with Crippen molar-refractivity contribution >= 4 is 5.91 Å². The third kappa shape index (κ3) is 3.20. The molecule has 1 aromatic rings. The fourth-order valence-corrected chi connectivity index (χ4v) is 1.12. The van der Waals surface area contributed by atoms with Gasteiger partial charge in [0.1, 0.15) is 5.76 Å². The van der Waals surface area contributed by atoms with Crippen LogP contribution >= 0.6 is 0 Å². The van der Waals surface area contributed by atoms with Gasteiger partial charge in [0.25, 0.3) is 0 Å². The van der Waals surface area contributed by atoms with E-state index < -0.39 is 0 Å². The fourth-order valence-electron chi connectivity index (χ4n) is 1.12. The van der Waals surface area contributed by atoms with Crippen LogP contribution < -0.4 is 5.32 Å². The number of nitrogens with one attached hydrogen (secondary N) is 1.